The van der Waals surface area contributed by atoms with Crippen molar-refractivity contribution in [2.45, 2.75) is 13.0 Å². The molecule has 1 amide bonds. The largest absolute Gasteiger partial charge is 0.343 e. The summed E-state index contributed by atoms with van der Waals surface area (Å²) < 4.78 is 1.86. The summed E-state index contributed by atoms with van der Waals surface area (Å²) in [5.74, 6) is 0.623. The molecular formula is C11H17Cl2N5OS. The van der Waals surface area contributed by atoms with Crippen LogP contribution in [0.25, 0.3) is 0 Å². The second-order valence-corrected chi connectivity index (χ2v) is 4.74. The highest BCUT2D eigenvalue weighted by Crippen LogP contribution is 2.10. The van der Waals surface area contributed by atoms with E-state index in [0.29, 0.717) is 25.2 Å². The Balaban J connectivity index is 0.00000180. The predicted octanol–water partition coefficient (Wildman–Crippen LogP) is 1.15. The number of aromatic nitrogens is 3. The molecule has 0 unspecified atom stereocenters. The van der Waals surface area contributed by atoms with Crippen molar-refractivity contribution in [2.75, 3.05) is 6.54 Å². The van der Waals surface area contributed by atoms with Gasteiger partial charge in [0.1, 0.15) is 11.5 Å². The molecule has 0 aliphatic heterocycles. The number of halogens is 2. The fraction of sp³-hybridized carbons (Fsp3) is 0.364. The lowest BCUT2D eigenvalue weighted by Crippen LogP contribution is -2.24. The summed E-state index contributed by atoms with van der Waals surface area (Å²) >= 11 is 1.46. The van der Waals surface area contributed by atoms with Crippen molar-refractivity contribution in [3.63, 3.8) is 0 Å². The summed E-state index contributed by atoms with van der Waals surface area (Å²) in [6.07, 6.45) is 4.24. The lowest BCUT2D eigenvalue weighted by atomic mass is 10.4. The van der Waals surface area contributed by atoms with E-state index in [0.717, 1.165) is 10.8 Å². The van der Waals surface area contributed by atoms with Crippen LogP contribution in [0.4, 0.5) is 0 Å². The first-order valence-corrected chi connectivity index (χ1v) is 6.47. The Morgan fingerprint density at radius 2 is 2.25 bits per heavy atom. The van der Waals surface area contributed by atoms with Gasteiger partial charge < -0.3 is 15.6 Å². The molecule has 2 heterocycles. The van der Waals surface area contributed by atoms with E-state index in [4.69, 9.17) is 5.73 Å². The molecule has 0 saturated heterocycles. The Morgan fingerprint density at radius 1 is 1.50 bits per heavy atom. The zero-order chi connectivity index (χ0) is 13.0. The molecule has 9 heteroatoms. The van der Waals surface area contributed by atoms with Gasteiger partial charge in [-0.25, -0.2) is 9.97 Å². The Labute approximate surface area is 133 Å². The molecule has 2 aromatic rings. The molecule has 20 heavy (non-hydrogen) atoms. The van der Waals surface area contributed by atoms with Crippen LogP contribution >= 0.6 is 36.2 Å². The van der Waals surface area contributed by atoms with Gasteiger partial charge in [-0.05, 0) is 6.54 Å². The Hall–Kier alpha value is -1.15. The van der Waals surface area contributed by atoms with E-state index in [1.54, 1.807) is 11.6 Å². The van der Waals surface area contributed by atoms with Gasteiger partial charge in [0.2, 0.25) is 0 Å². The van der Waals surface area contributed by atoms with Crippen molar-refractivity contribution in [3.05, 3.63) is 34.3 Å². The summed E-state index contributed by atoms with van der Waals surface area (Å²) in [4.78, 5) is 20.2. The third kappa shape index (κ3) is 4.75. The monoisotopic (exact) mass is 337 g/mol. The molecule has 2 rings (SSSR count). The minimum absolute atomic E-state index is 0. The number of amides is 1. The normalized spacial score (nSPS) is 9.50. The maximum Gasteiger partial charge on any atom is 0.271 e. The molecule has 0 aliphatic rings. The van der Waals surface area contributed by atoms with E-state index < -0.39 is 0 Å². The molecule has 2 aromatic heterocycles. The number of thiazole rings is 1. The average molecular weight is 338 g/mol. The first kappa shape index (κ1) is 18.9. The quantitative estimate of drug-likeness (QED) is 0.856. The van der Waals surface area contributed by atoms with Crippen LogP contribution in [-0.2, 0) is 20.0 Å². The highest BCUT2D eigenvalue weighted by Gasteiger charge is 2.10. The van der Waals surface area contributed by atoms with Gasteiger partial charge in [0, 0.05) is 31.2 Å². The van der Waals surface area contributed by atoms with Crippen LogP contribution in [0.15, 0.2) is 17.8 Å². The first-order valence-electron chi connectivity index (χ1n) is 5.59. The van der Waals surface area contributed by atoms with E-state index >= 15 is 0 Å². The number of carbonyl (C=O) groups is 1. The summed E-state index contributed by atoms with van der Waals surface area (Å²) in [5.41, 5.74) is 5.88. The zero-order valence-corrected chi connectivity index (χ0v) is 13.4. The molecule has 0 aromatic carbocycles. The first-order chi connectivity index (χ1) is 8.70. The van der Waals surface area contributed by atoms with Gasteiger partial charge in [-0.1, -0.05) is 0 Å². The summed E-state index contributed by atoms with van der Waals surface area (Å²) in [6, 6.07) is 0. The van der Waals surface area contributed by atoms with Gasteiger partial charge in [-0.3, -0.25) is 4.79 Å². The minimum Gasteiger partial charge on any atom is -0.343 e. The number of rotatable bonds is 5. The standard InChI is InChI=1S/C11H15N5OS.2ClH/c1-16-5-4-13-9(16)6-14-11(17)8-7-18-10(15-8)2-3-12;;/h4-5,7H,2-3,6,12H2,1H3,(H,14,17);2*1H. The zero-order valence-electron chi connectivity index (χ0n) is 10.9. The predicted molar refractivity (Wildman–Crippen MR) is 83.7 cm³/mol. The van der Waals surface area contributed by atoms with E-state index in [1.165, 1.54) is 11.3 Å². The summed E-state index contributed by atoms with van der Waals surface area (Å²) in [5, 5.41) is 5.43. The molecule has 0 fully saturated rings. The Kier molecular flexibility index (Phi) is 8.40. The maximum atomic E-state index is 11.8. The van der Waals surface area contributed by atoms with Crippen molar-refractivity contribution in [3.8, 4) is 0 Å². The molecule has 0 bridgehead atoms. The maximum absolute atomic E-state index is 11.8. The molecule has 0 atom stereocenters. The second kappa shape index (κ2) is 8.91. The highest BCUT2D eigenvalue weighted by atomic mass is 35.5. The number of nitrogens with zero attached hydrogens (tertiary/aromatic N) is 3. The van der Waals surface area contributed by atoms with Crippen molar-refractivity contribution < 1.29 is 4.79 Å². The van der Waals surface area contributed by atoms with Crippen LogP contribution in [0.1, 0.15) is 21.3 Å². The van der Waals surface area contributed by atoms with Gasteiger partial charge in [0.15, 0.2) is 0 Å². The van der Waals surface area contributed by atoms with Crippen molar-refractivity contribution in [1.29, 1.82) is 0 Å². The van der Waals surface area contributed by atoms with Gasteiger partial charge >= 0.3 is 0 Å². The van der Waals surface area contributed by atoms with Crippen LogP contribution in [-0.4, -0.2) is 27.0 Å². The minimum atomic E-state index is -0.183. The summed E-state index contributed by atoms with van der Waals surface area (Å²) in [7, 11) is 1.89. The van der Waals surface area contributed by atoms with Crippen molar-refractivity contribution in [2.24, 2.45) is 12.8 Å². The van der Waals surface area contributed by atoms with Gasteiger partial charge in [-0.2, -0.15) is 0 Å². The van der Waals surface area contributed by atoms with Crippen LogP contribution in [0.2, 0.25) is 0 Å². The highest BCUT2D eigenvalue weighted by molar-refractivity contribution is 7.09. The van der Waals surface area contributed by atoms with Crippen LogP contribution in [0, 0.1) is 0 Å². The van der Waals surface area contributed by atoms with Crippen LogP contribution in [0.3, 0.4) is 0 Å². The number of hydrogen-bond donors (Lipinski definition) is 2. The number of carbonyl (C=O) groups excluding carboxylic acids is 1. The third-order valence-electron chi connectivity index (χ3n) is 2.47. The fourth-order valence-electron chi connectivity index (χ4n) is 1.47. The number of aryl methyl sites for hydroxylation is 1. The number of nitrogens with two attached hydrogens (primary N) is 1. The molecule has 6 nitrogen and oxygen atoms in total. The second-order valence-electron chi connectivity index (χ2n) is 3.80. The smallest absolute Gasteiger partial charge is 0.271 e. The van der Waals surface area contributed by atoms with Gasteiger partial charge in [-0.15, -0.1) is 36.2 Å². The Morgan fingerprint density at radius 3 is 2.85 bits per heavy atom. The number of hydrogen-bond acceptors (Lipinski definition) is 5. The molecule has 0 spiro atoms. The number of nitrogens with one attached hydrogen (secondary N) is 1. The lowest BCUT2D eigenvalue weighted by Gasteiger charge is -2.03. The molecule has 0 radical (unpaired) electrons. The topological polar surface area (TPSA) is 85.8 Å². The molecule has 0 saturated carbocycles. The van der Waals surface area contributed by atoms with Crippen molar-refractivity contribution >= 4 is 42.1 Å². The molecule has 112 valence electrons. The third-order valence-corrected chi connectivity index (χ3v) is 3.38. The average Bonchev–Trinajstić information content (AvgIpc) is 2.96. The molecule has 0 aliphatic carbocycles. The fourth-order valence-corrected chi connectivity index (χ4v) is 2.26. The van der Waals surface area contributed by atoms with E-state index in [1.807, 2.05) is 17.8 Å². The Bertz CT molecular complexity index is 542. The lowest BCUT2D eigenvalue weighted by molar-refractivity contribution is 0.0945. The van der Waals surface area contributed by atoms with Crippen molar-refractivity contribution in [1.82, 2.24) is 19.9 Å². The van der Waals surface area contributed by atoms with Crippen LogP contribution < -0.4 is 11.1 Å². The van der Waals surface area contributed by atoms with E-state index in [9.17, 15) is 4.79 Å². The SMILES string of the molecule is Cl.Cl.Cn1ccnc1CNC(=O)c1csc(CCN)n1. The van der Waals surface area contributed by atoms with Crippen LogP contribution in [0.5, 0.6) is 0 Å². The number of imidazole rings is 1. The summed E-state index contributed by atoms with van der Waals surface area (Å²) in [6.45, 7) is 0.938. The van der Waals surface area contributed by atoms with E-state index in [2.05, 4.69) is 15.3 Å². The molecule has 3 N–H and O–H groups in total. The van der Waals surface area contributed by atoms with Gasteiger partial charge in [0.25, 0.3) is 5.91 Å². The van der Waals surface area contributed by atoms with Gasteiger partial charge in [0.05, 0.1) is 11.6 Å². The van der Waals surface area contributed by atoms with E-state index in [-0.39, 0.29) is 30.7 Å². The molecular weight excluding hydrogens is 321 g/mol.